The predicted octanol–water partition coefficient (Wildman–Crippen LogP) is 2.41. The Labute approximate surface area is 148 Å². The van der Waals surface area contributed by atoms with Gasteiger partial charge in [-0.25, -0.2) is 9.97 Å². The van der Waals surface area contributed by atoms with Gasteiger partial charge in [-0.05, 0) is 51.1 Å². The summed E-state index contributed by atoms with van der Waals surface area (Å²) in [4.78, 5) is 26.0. The van der Waals surface area contributed by atoms with Crippen LogP contribution in [0.15, 0.2) is 24.4 Å². The first-order valence-electron chi connectivity index (χ1n) is 8.59. The lowest BCUT2D eigenvalue weighted by atomic mass is 10.1. The largest absolute Gasteiger partial charge is 0.338 e. The lowest BCUT2D eigenvalue weighted by Crippen LogP contribution is -2.45. The molecule has 2 heterocycles. The van der Waals surface area contributed by atoms with Gasteiger partial charge in [0, 0.05) is 38.1 Å². The zero-order chi connectivity index (χ0) is 18.0. The molecule has 0 radical (unpaired) electrons. The van der Waals surface area contributed by atoms with E-state index < -0.39 is 0 Å². The number of nitrogens with one attached hydrogen (secondary N) is 1. The number of hydrogen-bond donors (Lipinski definition) is 1. The molecule has 1 amide bonds. The maximum Gasteiger partial charge on any atom is 0.259 e. The molecular weight excluding hydrogens is 314 g/mol. The van der Waals surface area contributed by atoms with Gasteiger partial charge in [-0.15, -0.1) is 0 Å². The first-order chi connectivity index (χ1) is 11.9. The topological polar surface area (TPSA) is 61.4 Å². The Morgan fingerprint density at radius 2 is 1.68 bits per heavy atom. The van der Waals surface area contributed by atoms with E-state index in [0.29, 0.717) is 17.2 Å². The van der Waals surface area contributed by atoms with E-state index in [0.717, 1.165) is 43.0 Å². The molecule has 1 N–H and O–H groups in total. The number of hydrogen-bond acceptors (Lipinski definition) is 5. The highest BCUT2D eigenvalue weighted by atomic mass is 16.1. The summed E-state index contributed by atoms with van der Waals surface area (Å²) in [5.41, 5.74) is 4.25. The summed E-state index contributed by atoms with van der Waals surface area (Å²) in [5.74, 6) is 0.529. The number of aromatic nitrogens is 2. The summed E-state index contributed by atoms with van der Waals surface area (Å²) in [6.07, 6.45) is 1.63. The second-order valence-corrected chi connectivity index (χ2v) is 6.79. The van der Waals surface area contributed by atoms with E-state index in [1.54, 1.807) is 6.20 Å². The summed E-state index contributed by atoms with van der Waals surface area (Å²) >= 11 is 0. The third kappa shape index (κ3) is 4.14. The highest BCUT2D eigenvalue weighted by Crippen LogP contribution is 2.17. The van der Waals surface area contributed by atoms with E-state index in [-0.39, 0.29) is 5.91 Å². The molecule has 1 aromatic carbocycles. The number of carbonyl (C=O) groups is 1. The number of rotatable bonds is 3. The minimum absolute atomic E-state index is 0.174. The molecule has 0 bridgehead atoms. The highest BCUT2D eigenvalue weighted by molar-refractivity contribution is 6.04. The molecule has 1 aliphatic rings. The van der Waals surface area contributed by atoms with Crippen LogP contribution in [-0.4, -0.2) is 54.0 Å². The molecule has 6 heteroatoms. The molecule has 0 saturated carbocycles. The van der Waals surface area contributed by atoms with Crippen molar-refractivity contribution in [1.29, 1.82) is 0 Å². The second-order valence-electron chi connectivity index (χ2n) is 6.79. The van der Waals surface area contributed by atoms with E-state index >= 15 is 0 Å². The monoisotopic (exact) mass is 339 g/mol. The average Bonchev–Trinajstić information content (AvgIpc) is 2.54. The van der Waals surface area contributed by atoms with Crippen LogP contribution in [0.5, 0.6) is 0 Å². The Morgan fingerprint density at radius 3 is 2.28 bits per heavy atom. The number of nitrogens with zero attached hydrogens (tertiary/aromatic N) is 4. The van der Waals surface area contributed by atoms with Gasteiger partial charge in [0.15, 0.2) is 0 Å². The summed E-state index contributed by atoms with van der Waals surface area (Å²) in [6, 6.07) is 5.99. The standard InChI is InChI=1S/C19H25N5O/c1-13-9-14(2)11-16(10-13)22-18(25)17-12-20-19(21-15(17)3)24-7-5-23(4)6-8-24/h9-12H,5-8H2,1-4H3,(H,22,25). The molecule has 0 unspecified atom stereocenters. The van der Waals surface area contributed by atoms with Crippen LogP contribution in [0.1, 0.15) is 27.2 Å². The van der Waals surface area contributed by atoms with Crippen LogP contribution in [0.4, 0.5) is 11.6 Å². The van der Waals surface area contributed by atoms with Crippen LogP contribution in [0, 0.1) is 20.8 Å². The maximum atomic E-state index is 12.6. The van der Waals surface area contributed by atoms with Gasteiger partial charge in [0.25, 0.3) is 5.91 Å². The van der Waals surface area contributed by atoms with E-state index in [1.165, 1.54) is 0 Å². The number of carbonyl (C=O) groups excluding carboxylic acids is 1. The first kappa shape index (κ1) is 17.4. The Balaban J connectivity index is 1.75. The molecular formula is C19H25N5O. The molecule has 1 aromatic heterocycles. The average molecular weight is 339 g/mol. The van der Waals surface area contributed by atoms with Gasteiger partial charge in [0.1, 0.15) is 0 Å². The van der Waals surface area contributed by atoms with E-state index in [2.05, 4.69) is 38.2 Å². The molecule has 2 aromatic rings. The second kappa shape index (κ2) is 7.19. The van der Waals surface area contributed by atoms with Crippen molar-refractivity contribution in [3.63, 3.8) is 0 Å². The van der Waals surface area contributed by atoms with Crippen LogP contribution in [-0.2, 0) is 0 Å². The van der Waals surface area contributed by atoms with Crippen molar-refractivity contribution in [2.75, 3.05) is 43.4 Å². The fourth-order valence-corrected chi connectivity index (χ4v) is 3.08. The number of anilines is 2. The third-order valence-corrected chi connectivity index (χ3v) is 4.48. The quantitative estimate of drug-likeness (QED) is 0.930. The Morgan fingerprint density at radius 1 is 1.04 bits per heavy atom. The molecule has 132 valence electrons. The molecule has 1 fully saturated rings. The van der Waals surface area contributed by atoms with Crippen molar-refractivity contribution in [2.45, 2.75) is 20.8 Å². The van der Waals surface area contributed by atoms with Crippen molar-refractivity contribution in [3.8, 4) is 0 Å². The summed E-state index contributed by atoms with van der Waals surface area (Å²) in [6.45, 7) is 9.70. The molecule has 1 aliphatic heterocycles. The number of benzene rings is 1. The molecule has 0 aliphatic carbocycles. The molecule has 0 spiro atoms. The summed E-state index contributed by atoms with van der Waals surface area (Å²) < 4.78 is 0. The lowest BCUT2D eigenvalue weighted by molar-refractivity contribution is 0.102. The molecule has 6 nitrogen and oxygen atoms in total. The van der Waals surface area contributed by atoms with Crippen molar-refractivity contribution in [3.05, 3.63) is 46.8 Å². The van der Waals surface area contributed by atoms with Gasteiger partial charge >= 0.3 is 0 Å². The van der Waals surface area contributed by atoms with Crippen LogP contribution in [0.25, 0.3) is 0 Å². The first-order valence-corrected chi connectivity index (χ1v) is 8.59. The smallest absolute Gasteiger partial charge is 0.259 e. The van der Waals surface area contributed by atoms with Crippen molar-refractivity contribution >= 4 is 17.5 Å². The normalized spacial score (nSPS) is 15.3. The molecule has 3 rings (SSSR count). The maximum absolute atomic E-state index is 12.6. The fraction of sp³-hybridized carbons (Fsp3) is 0.421. The number of aryl methyl sites for hydroxylation is 3. The number of amides is 1. The highest BCUT2D eigenvalue weighted by Gasteiger charge is 2.19. The van der Waals surface area contributed by atoms with Crippen molar-refractivity contribution in [2.24, 2.45) is 0 Å². The molecule has 1 saturated heterocycles. The van der Waals surface area contributed by atoms with Crippen molar-refractivity contribution in [1.82, 2.24) is 14.9 Å². The molecule has 0 atom stereocenters. The van der Waals surface area contributed by atoms with Crippen LogP contribution >= 0.6 is 0 Å². The van der Waals surface area contributed by atoms with E-state index in [9.17, 15) is 4.79 Å². The van der Waals surface area contributed by atoms with Gasteiger partial charge in [-0.1, -0.05) is 6.07 Å². The van der Waals surface area contributed by atoms with Crippen LogP contribution in [0.2, 0.25) is 0 Å². The van der Waals surface area contributed by atoms with Gasteiger partial charge in [0.2, 0.25) is 5.95 Å². The predicted molar refractivity (Wildman–Crippen MR) is 100 cm³/mol. The van der Waals surface area contributed by atoms with Gasteiger partial charge < -0.3 is 15.1 Å². The Hall–Kier alpha value is -2.47. The van der Waals surface area contributed by atoms with Gasteiger partial charge in [-0.3, -0.25) is 4.79 Å². The van der Waals surface area contributed by atoms with E-state index in [1.807, 2.05) is 32.9 Å². The molecule has 25 heavy (non-hydrogen) atoms. The summed E-state index contributed by atoms with van der Waals surface area (Å²) in [7, 11) is 2.11. The van der Waals surface area contributed by atoms with Crippen LogP contribution in [0.3, 0.4) is 0 Å². The van der Waals surface area contributed by atoms with Crippen molar-refractivity contribution < 1.29 is 4.79 Å². The Bertz CT molecular complexity index is 761. The minimum Gasteiger partial charge on any atom is -0.338 e. The number of likely N-dealkylation sites (N-methyl/N-ethyl adjacent to an activating group) is 1. The van der Waals surface area contributed by atoms with Gasteiger partial charge in [0.05, 0.1) is 11.3 Å². The fourth-order valence-electron chi connectivity index (χ4n) is 3.08. The Kier molecular flexibility index (Phi) is 4.99. The minimum atomic E-state index is -0.174. The van der Waals surface area contributed by atoms with Crippen LogP contribution < -0.4 is 10.2 Å². The SMILES string of the molecule is Cc1cc(C)cc(NC(=O)c2cnc(N3CCN(C)CC3)nc2C)c1. The zero-order valence-corrected chi connectivity index (χ0v) is 15.3. The zero-order valence-electron chi connectivity index (χ0n) is 15.3. The summed E-state index contributed by atoms with van der Waals surface area (Å²) in [5, 5.41) is 2.95. The van der Waals surface area contributed by atoms with E-state index in [4.69, 9.17) is 0 Å². The lowest BCUT2D eigenvalue weighted by Gasteiger charge is -2.32. The van der Waals surface area contributed by atoms with Gasteiger partial charge in [-0.2, -0.15) is 0 Å². The third-order valence-electron chi connectivity index (χ3n) is 4.48. The number of piperazine rings is 1.